The SMILES string of the molecule is CCOC(=O)N1CCC(Nc2ncc(C)cc2Br)CC1. The number of rotatable bonds is 3. The molecule has 1 amide bonds. The summed E-state index contributed by atoms with van der Waals surface area (Å²) in [5, 5.41) is 3.43. The van der Waals surface area contributed by atoms with E-state index in [2.05, 4.69) is 26.2 Å². The van der Waals surface area contributed by atoms with Gasteiger partial charge >= 0.3 is 6.09 Å². The monoisotopic (exact) mass is 341 g/mol. The molecule has 1 saturated heterocycles. The minimum Gasteiger partial charge on any atom is -0.450 e. The van der Waals surface area contributed by atoms with Crippen LogP contribution in [-0.4, -0.2) is 41.7 Å². The van der Waals surface area contributed by atoms with Crippen LogP contribution in [0.25, 0.3) is 0 Å². The maximum absolute atomic E-state index is 11.6. The standard InChI is InChI=1S/C14H20BrN3O2/c1-3-20-14(19)18-6-4-11(5-7-18)17-13-12(15)8-10(2)9-16-13/h8-9,11H,3-7H2,1-2H3,(H,16,17). The van der Waals surface area contributed by atoms with Gasteiger partial charge in [-0.1, -0.05) is 0 Å². The number of nitrogens with one attached hydrogen (secondary N) is 1. The molecule has 20 heavy (non-hydrogen) atoms. The zero-order chi connectivity index (χ0) is 14.5. The Kier molecular flexibility index (Phi) is 5.23. The third-order valence-corrected chi connectivity index (χ3v) is 3.94. The molecule has 1 fully saturated rings. The van der Waals surface area contributed by atoms with Crippen molar-refractivity contribution < 1.29 is 9.53 Å². The third-order valence-electron chi connectivity index (χ3n) is 3.34. The topological polar surface area (TPSA) is 54.5 Å². The molecular weight excluding hydrogens is 322 g/mol. The Morgan fingerprint density at radius 3 is 2.85 bits per heavy atom. The van der Waals surface area contributed by atoms with E-state index in [4.69, 9.17) is 4.74 Å². The Balaban J connectivity index is 1.86. The molecule has 1 aliphatic rings. The van der Waals surface area contributed by atoms with Crippen LogP contribution in [0.3, 0.4) is 0 Å². The predicted molar refractivity (Wildman–Crippen MR) is 81.9 cm³/mol. The first-order chi connectivity index (χ1) is 9.60. The van der Waals surface area contributed by atoms with Crippen molar-refractivity contribution in [1.82, 2.24) is 9.88 Å². The molecule has 1 aromatic rings. The van der Waals surface area contributed by atoms with E-state index in [0.717, 1.165) is 41.8 Å². The molecule has 6 heteroatoms. The number of aryl methyl sites for hydroxylation is 1. The molecule has 0 saturated carbocycles. The van der Waals surface area contributed by atoms with E-state index in [0.29, 0.717) is 12.6 Å². The molecule has 0 unspecified atom stereocenters. The number of carbonyl (C=O) groups excluding carboxylic acids is 1. The van der Waals surface area contributed by atoms with Crippen molar-refractivity contribution in [3.63, 3.8) is 0 Å². The summed E-state index contributed by atoms with van der Waals surface area (Å²) < 4.78 is 5.99. The predicted octanol–water partition coefficient (Wildman–Crippen LogP) is 3.19. The highest BCUT2D eigenvalue weighted by molar-refractivity contribution is 9.10. The van der Waals surface area contributed by atoms with Gasteiger partial charge in [0.2, 0.25) is 0 Å². The van der Waals surface area contributed by atoms with Crippen molar-refractivity contribution in [2.24, 2.45) is 0 Å². The molecule has 0 radical (unpaired) electrons. The van der Waals surface area contributed by atoms with Crippen LogP contribution in [-0.2, 0) is 4.74 Å². The van der Waals surface area contributed by atoms with Crippen LogP contribution in [0.1, 0.15) is 25.3 Å². The highest BCUT2D eigenvalue weighted by atomic mass is 79.9. The fourth-order valence-electron chi connectivity index (χ4n) is 2.25. The van der Waals surface area contributed by atoms with E-state index in [1.807, 2.05) is 26.1 Å². The van der Waals surface area contributed by atoms with Crippen LogP contribution in [0, 0.1) is 6.92 Å². The normalized spacial score (nSPS) is 16.1. The first-order valence-electron chi connectivity index (χ1n) is 6.90. The van der Waals surface area contributed by atoms with Crippen molar-refractivity contribution in [3.8, 4) is 0 Å². The molecular formula is C14H20BrN3O2. The summed E-state index contributed by atoms with van der Waals surface area (Å²) in [7, 11) is 0. The summed E-state index contributed by atoms with van der Waals surface area (Å²) >= 11 is 3.52. The fourth-order valence-corrected chi connectivity index (χ4v) is 2.83. The van der Waals surface area contributed by atoms with E-state index < -0.39 is 0 Å². The van der Waals surface area contributed by atoms with Gasteiger partial charge in [-0.2, -0.15) is 0 Å². The lowest BCUT2D eigenvalue weighted by molar-refractivity contribution is 0.0983. The Hall–Kier alpha value is -1.30. The smallest absolute Gasteiger partial charge is 0.409 e. The molecule has 0 aromatic carbocycles. The zero-order valence-corrected chi connectivity index (χ0v) is 13.4. The summed E-state index contributed by atoms with van der Waals surface area (Å²) in [6.07, 6.45) is 3.45. The molecule has 1 aromatic heterocycles. The number of likely N-dealkylation sites (tertiary alicyclic amines) is 1. The Morgan fingerprint density at radius 2 is 2.25 bits per heavy atom. The first-order valence-corrected chi connectivity index (χ1v) is 7.70. The van der Waals surface area contributed by atoms with Gasteiger partial charge in [0.1, 0.15) is 5.82 Å². The van der Waals surface area contributed by atoms with Gasteiger partial charge in [-0.15, -0.1) is 0 Å². The molecule has 1 N–H and O–H groups in total. The van der Waals surface area contributed by atoms with Gasteiger partial charge in [0.05, 0.1) is 11.1 Å². The van der Waals surface area contributed by atoms with Gasteiger partial charge in [-0.3, -0.25) is 0 Å². The average molecular weight is 342 g/mol. The molecule has 2 heterocycles. The Morgan fingerprint density at radius 1 is 1.55 bits per heavy atom. The summed E-state index contributed by atoms with van der Waals surface area (Å²) in [4.78, 5) is 17.8. The zero-order valence-electron chi connectivity index (χ0n) is 11.9. The minimum absolute atomic E-state index is 0.208. The van der Waals surface area contributed by atoms with E-state index in [1.165, 1.54) is 0 Å². The van der Waals surface area contributed by atoms with Gasteiger partial charge in [0.15, 0.2) is 0 Å². The number of aromatic nitrogens is 1. The van der Waals surface area contributed by atoms with Crippen LogP contribution in [0.4, 0.5) is 10.6 Å². The second kappa shape index (κ2) is 6.92. The number of nitrogens with zero attached hydrogens (tertiary/aromatic N) is 2. The molecule has 0 bridgehead atoms. The summed E-state index contributed by atoms with van der Waals surface area (Å²) in [6.45, 7) is 5.71. The molecule has 0 spiro atoms. The van der Waals surface area contributed by atoms with Crippen LogP contribution in [0.5, 0.6) is 0 Å². The van der Waals surface area contributed by atoms with Crippen molar-refractivity contribution >= 4 is 27.8 Å². The second-order valence-corrected chi connectivity index (χ2v) is 5.80. The van der Waals surface area contributed by atoms with E-state index in [1.54, 1.807) is 4.90 Å². The molecule has 110 valence electrons. The lowest BCUT2D eigenvalue weighted by Gasteiger charge is -2.32. The number of ether oxygens (including phenoxy) is 1. The maximum Gasteiger partial charge on any atom is 0.409 e. The number of halogens is 1. The summed E-state index contributed by atoms with van der Waals surface area (Å²) in [5.41, 5.74) is 1.12. The minimum atomic E-state index is -0.208. The first kappa shape index (κ1) is 15.1. The number of hydrogen-bond donors (Lipinski definition) is 1. The molecule has 5 nitrogen and oxygen atoms in total. The lowest BCUT2D eigenvalue weighted by Crippen LogP contribution is -2.42. The second-order valence-electron chi connectivity index (χ2n) is 4.95. The van der Waals surface area contributed by atoms with Crippen LogP contribution >= 0.6 is 15.9 Å². The van der Waals surface area contributed by atoms with Gasteiger partial charge < -0.3 is 15.0 Å². The lowest BCUT2D eigenvalue weighted by atomic mass is 10.1. The van der Waals surface area contributed by atoms with Crippen molar-refractivity contribution in [2.75, 3.05) is 25.0 Å². The molecule has 0 atom stereocenters. The third kappa shape index (κ3) is 3.85. The van der Waals surface area contributed by atoms with Gasteiger partial charge in [-0.05, 0) is 54.2 Å². The van der Waals surface area contributed by atoms with E-state index >= 15 is 0 Å². The Labute approximate surface area is 127 Å². The number of anilines is 1. The summed E-state index contributed by atoms with van der Waals surface area (Å²) in [5.74, 6) is 0.866. The highest BCUT2D eigenvalue weighted by Crippen LogP contribution is 2.23. The van der Waals surface area contributed by atoms with Crippen molar-refractivity contribution in [1.29, 1.82) is 0 Å². The average Bonchev–Trinajstić information content (AvgIpc) is 2.43. The number of hydrogen-bond acceptors (Lipinski definition) is 4. The van der Waals surface area contributed by atoms with Gasteiger partial charge in [0, 0.05) is 25.3 Å². The van der Waals surface area contributed by atoms with Crippen molar-refractivity contribution in [2.45, 2.75) is 32.7 Å². The highest BCUT2D eigenvalue weighted by Gasteiger charge is 2.23. The number of piperidine rings is 1. The maximum atomic E-state index is 11.6. The fraction of sp³-hybridized carbons (Fsp3) is 0.571. The Bertz CT molecular complexity index is 473. The molecule has 1 aliphatic heterocycles. The van der Waals surface area contributed by atoms with Crippen LogP contribution in [0.15, 0.2) is 16.7 Å². The van der Waals surface area contributed by atoms with E-state index in [9.17, 15) is 4.79 Å². The van der Waals surface area contributed by atoms with Crippen molar-refractivity contribution in [3.05, 3.63) is 22.3 Å². The summed E-state index contributed by atoms with van der Waals surface area (Å²) in [6, 6.07) is 2.38. The number of amides is 1. The quantitative estimate of drug-likeness (QED) is 0.917. The van der Waals surface area contributed by atoms with Gasteiger partial charge in [-0.25, -0.2) is 9.78 Å². The number of pyridine rings is 1. The largest absolute Gasteiger partial charge is 0.450 e. The number of carbonyl (C=O) groups is 1. The molecule has 0 aliphatic carbocycles. The molecule has 2 rings (SSSR count). The van der Waals surface area contributed by atoms with E-state index in [-0.39, 0.29) is 6.09 Å². The van der Waals surface area contributed by atoms with Gasteiger partial charge in [0.25, 0.3) is 0 Å². The van der Waals surface area contributed by atoms with Crippen LogP contribution in [0.2, 0.25) is 0 Å². The van der Waals surface area contributed by atoms with Crippen LogP contribution < -0.4 is 5.32 Å².